The minimum absolute atomic E-state index is 0.769. The zero-order valence-corrected chi connectivity index (χ0v) is 66.8. The van der Waals surface area contributed by atoms with Gasteiger partial charge in [0, 0.05) is 12.8 Å². The van der Waals surface area contributed by atoms with Gasteiger partial charge < -0.3 is 5.53 Å². The Bertz CT molecular complexity index is 2100. The molecule has 0 bridgehead atoms. The number of hydrogen-bond donors (Lipinski definition) is 0. The summed E-state index contributed by atoms with van der Waals surface area (Å²) in [7, 11) is 0. The number of rotatable bonds is 72. The van der Waals surface area contributed by atoms with Crippen LogP contribution in [0.1, 0.15) is 474 Å². The Morgan fingerprint density at radius 1 is 0.351 bits per heavy atom. The van der Waals surface area contributed by atoms with E-state index in [0.717, 1.165) is 56.1 Å². The molecule has 3 heteroatoms. The summed E-state index contributed by atoms with van der Waals surface area (Å²) < 4.78 is 0. The molecule has 560 valence electrons. The van der Waals surface area contributed by atoms with E-state index in [2.05, 4.69) is 118 Å². The second-order valence-electron chi connectivity index (χ2n) is 29.8. The van der Waals surface area contributed by atoms with Gasteiger partial charge in [-0.15, -0.1) is 16.6 Å². The minimum atomic E-state index is 0.769. The standard InChI is InChI=1S/C54H82N2.2C20H41.Ni/c1-4-7-10-11-12-13-14-15-16-17-18-19-20-21-22-23-24-25-26-27-28-29-30-31-32-33-35-42-51-43-36-37-45-53(51)54(47-50(48-56-55)40-34-8-5-2)52-44-38-41-49(46-52)39-9-6-3;2*1-3-5-7-9-11-13-15-17-19-20-18-16-14-12-10-8-6-4-2;/h34,36-38,40-41,43-47H,4-30,33,35,39,42H2,1-3H3;2*1,3-20H2,2H3;. The number of nitrogens with zero attached hydrogens (tertiary/aromatic N) is 2. The summed E-state index contributed by atoms with van der Waals surface area (Å²) in [5.41, 5.74) is 16.4. The first kappa shape index (κ1) is 92.1. The number of allylic oxidation sites excluding steroid dienone is 4. The summed E-state index contributed by atoms with van der Waals surface area (Å²) in [5.74, 6) is 9.76. The molecule has 0 unspecified atom stereocenters. The van der Waals surface area contributed by atoms with E-state index in [-0.39, 0.29) is 0 Å². The van der Waals surface area contributed by atoms with Crippen LogP contribution in [0.15, 0.2) is 72.3 Å². The van der Waals surface area contributed by atoms with Crippen molar-refractivity contribution >= 4 is 11.4 Å². The summed E-state index contributed by atoms with van der Waals surface area (Å²) in [6.45, 7) is 11.3. The van der Waals surface area contributed by atoms with E-state index in [1.807, 2.05) is 20.5 Å². The van der Waals surface area contributed by atoms with E-state index < -0.39 is 0 Å². The third-order valence-corrected chi connectivity index (χ3v) is 21.7. The molecule has 0 radical (unpaired) electrons. The molecule has 0 fully saturated rings. The maximum atomic E-state index is 9.42. The van der Waals surface area contributed by atoms with Gasteiger partial charge in [0.25, 0.3) is 0 Å². The first-order valence-corrected chi connectivity index (χ1v) is 45.0. The minimum Gasteiger partial charge on any atom is -0.0654 e. The van der Waals surface area contributed by atoms with E-state index in [9.17, 15) is 5.53 Å². The first-order valence-electron chi connectivity index (χ1n) is 43.6. The van der Waals surface area contributed by atoms with Crippen LogP contribution >= 0.6 is 0 Å². The van der Waals surface area contributed by atoms with Crippen molar-refractivity contribution < 1.29 is 19.2 Å². The second kappa shape index (κ2) is 78.8. The summed E-state index contributed by atoms with van der Waals surface area (Å²) in [6, 6.07) is 17.7. The van der Waals surface area contributed by atoms with Crippen LogP contribution in [0.3, 0.4) is 0 Å². The molecule has 0 N–H and O–H groups in total. The van der Waals surface area contributed by atoms with E-state index in [0.29, 0.717) is 0 Å². The molecule has 0 spiro atoms. The average molecular weight is 1380 g/mol. The van der Waals surface area contributed by atoms with Gasteiger partial charge >= 0.3 is 172 Å². The van der Waals surface area contributed by atoms with Gasteiger partial charge in [-0.05, 0) is 78.5 Å². The van der Waals surface area contributed by atoms with Crippen LogP contribution in [0.25, 0.3) is 11.1 Å². The fourth-order valence-corrected chi connectivity index (χ4v) is 15.1. The van der Waals surface area contributed by atoms with Crippen molar-refractivity contribution in [3.05, 3.63) is 100 Å². The van der Waals surface area contributed by atoms with Crippen LogP contribution in [0.5, 0.6) is 0 Å². The molecule has 0 atom stereocenters. The quantitative estimate of drug-likeness (QED) is 0.0120. The molecule has 0 aliphatic rings. The van der Waals surface area contributed by atoms with Crippen LogP contribution < -0.4 is 0 Å². The predicted octanol–water partition coefficient (Wildman–Crippen LogP) is 33.0. The predicted molar refractivity (Wildman–Crippen MR) is 435 cm³/mol. The van der Waals surface area contributed by atoms with Crippen LogP contribution in [-0.2, 0) is 27.3 Å². The van der Waals surface area contributed by atoms with Crippen molar-refractivity contribution in [3.63, 3.8) is 0 Å². The molecule has 0 saturated carbocycles. The van der Waals surface area contributed by atoms with Crippen LogP contribution in [0.2, 0.25) is 10.8 Å². The van der Waals surface area contributed by atoms with Gasteiger partial charge in [0.05, 0.1) is 0 Å². The maximum absolute atomic E-state index is 9.42. The Labute approximate surface area is 614 Å². The summed E-state index contributed by atoms with van der Waals surface area (Å²) in [6.07, 6.45) is 100. The number of hydrogen-bond acceptors (Lipinski definition) is 0. The van der Waals surface area contributed by atoms with Crippen molar-refractivity contribution in [2.75, 3.05) is 0 Å². The molecular weight excluding hydrogens is 1220 g/mol. The molecule has 2 nitrogen and oxygen atoms in total. The number of benzene rings is 2. The molecular formula is C94H164N2Ni. The first-order chi connectivity index (χ1) is 48.1. The van der Waals surface area contributed by atoms with Gasteiger partial charge in [-0.2, -0.15) is 0 Å². The molecule has 2 aromatic rings. The van der Waals surface area contributed by atoms with Gasteiger partial charge in [-0.25, -0.2) is 0 Å². The molecule has 0 aromatic heterocycles. The van der Waals surface area contributed by atoms with Gasteiger partial charge in [-0.1, -0.05) is 327 Å². The molecule has 2 aromatic carbocycles. The van der Waals surface area contributed by atoms with Crippen molar-refractivity contribution in [2.24, 2.45) is 0 Å². The van der Waals surface area contributed by atoms with Gasteiger partial charge in [0.1, 0.15) is 5.57 Å². The van der Waals surface area contributed by atoms with E-state index >= 15 is 0 Å². The number of aryl methyl sites for hydroxylation is 2. The monoisotopic (exact) mass is 1380 g/mol. The summed E-state index contributed by atoms with van der Waals surface area (Å²) >= 11 is 2.05. The van der Waals surface area contributed by atoms with Gasteiger partial charge in [0.15, 0.2) is 0 Å². The van der Waals surface area contributed by atoms with Crippen LogP contribution in [0, 0.1) is 11.8 Å². The van der Waals surface area contributed by atoms with E-state index in [4.69, 9.17) is 0 Å². The Morgan fingerprint density at radius 3 is 1.05 bits per heavy atom. The van der Waals surface area contributed by atoms with Crippen molar-refractivity contribution in [3.8, 4) is 11.8 Å². The Hall–Kier alpha value is -2.87. The average Bonchev–Trinajstić information content (AvgIpc) is 0.827. The Balaban J connectivity index is 0.00000102. The second-order valence-corrected chi connectivity index (χ2v) is 31.2. The Kier molecular flexibility index (Phi) is 74.9. The van der Waals surface area contributed by atoms with Crippen molar-refractivity contribution in [1.29, 1.82) is 0 Å². The molecule has 2 rings (SSSR count). The third kappa shape index (κ3) is 64.9. The van der Waals surface area contributed by atoms with Gasteiger partial charge in [-0.3, -0.25) is 0 Å². The smallest absolute Gasteiger partial charge is 0.0654 e. The zero-order valence-electron chi connectivity index (χ0n) is 65.9. The third-order valence-electron chi connectivity index (χ3n) is 20.3. The van der Waals surface area contributed by atoms with Crippen LogP contribution in [-0.4, -0.2) is 10.7 Å². The summed E-state index contributed by atoms with van der Waals surface area (Å²) in [4.78, 5) is 3.28. The molecule has 0 saturated heterocycles. The van der Waals surface area contributed by atoms with E-state index in [1.165, 1.54) is 418 Å². The van der Waals surface area contributed by atoms with Crippen LogP contribution in [0.4, 0.5) is 0 Å². The summed E-state index contributed by atoms with van der Waals surface area (Å²) in [5, 5.41) is 2.87. The molecule has 97 heavy (non-hydrogen) atoms. The normalized spacial score (nSPS) is 11.5. The topological polar surface area (TPSA) is 36.4 Å². The molecule has 0 aliphatic heterocycles. The van der Waals surface area contributed by atoms with Crippen molar-refractivity contribution in [1.82, 2.24) is 0 Å². The zero-order chi connectivity index (χ0) is 69.6. The molecule has 0 aliphatic carbocycles. The Morgan fingerprint density at radius 2 is 0.691 bits per heavy atom. The fourth-order valence-electron chi connectivity index (χ4n) is 13.9. The number of unbranched alkanes of at least 4 members (excludes halogenated alkanes) is 59. The van der Waals surface area contributed by atoms with Gasteiger partial charge in [0.2, 0.25) is 0 Å². The molecule has 0 amide bonds. The van der Waals surface area contributed by atoms with E-state index in [1.54, 1.807) is 0 Å². The molecule has 0 heterocycles. The fraction of sp³-hybridized carbons (Fsp3) is 0.787. The van der Waals surface area contributed by atoms with Crippen molar-refractivity contribution in [2.45, 2.75) is 476 Å². The SMILES string of the molecule is CCCC=CC(=C=[N+]=[N-])C=C(c1cccc(CCCC)c1)c1ccccc1CCCC#CCCCCCCCCCCCCCCCCCCCCCCCC.CCCCCCCCCCCCCCCCCCC[CH2][Ni][CH2]CCCCCCCCCCCCCCCCCCC.